The van der Waals surface area contributed by atoms with Crippen molar-refractivity contribution >= 4 is 29.9 Å². The third kappa shape index (κ3) is 9.84. The molecule has 1 aromatic carbocycles. The maximum absolute atomic E-state index is 12.2. The van der Waals surface area contributed by atoms with E-state index in [1.807, 2.05) is 6.92 Å². The topological polar surface area (TPSA) is 45.7 Å². The molecule has 2 N–H and O–H groups in total. The monoisotopic (exact) mass is 459 g/mol. The zero-order valence-corrected chi connectivity index (χ0v) is 16.4. The van der Waals surface area contributed by atoms with Gasteiger partial charge in [-0.25, -0.2) is 4.99 Å². The van der Waals surface area contributed by atoms with Crippen LogP contribution in [0.5, 0.6) is 5.75 Å². The zero-order valence-electron chi connectivity index (χ0n) is 14.1. The van der Waals surface area contributed by atoms with Gasteiger partial charge in [0.25, 0.3) is 0 Å². The maximum Gasteiger partial charge on any atom is 0.422 e. The number of nitrogens with one attached hydrogen (secondary N) is 2. The van der Waals surface area contributed by atoms with Crippen molar-refractivity contribution in [3.05, 3.63) is 29.8 Å². The van der Waals surface area contributed by atoms with E-state index in [1.165, 1.54) is 6.07 Å². The number of nitrogens with zero attached hydrogens (tertiary/aromatic N) is 1. The number of guanidine groups is 1. The second kappa shape index (κ2) is 11.4. The van der Waals surface area contributed by atoms with E-state index in [1.54, 1.807) is 18.2 Å². The van der Waals surface area contributed by atoms with E-state index in [4.69, 9.17) is 4.74 Å². The van der Waals surface area contributed by atoms with Crippen molar-refractivity contribution in [3.8, 4) is 5.75 Å². The third-order valence-electron chi connectivity index (χ3n) is 3.06. The number of rotatable bonds is 7. The van der Waals surface area contributed by atoms with Gasteiger partial charge in [0.15, 0.2) is 12.6 Å². The molecule has 0 spiro atoms. The minimum absolute atomic E-state index is 0. The molecule has 0 radical (unpaired) electrons. The highest BCUT2D eigenvalue weighted by molar-refractivity contribution is 14.0. The van der Waals surface area contributed by atoms with Gasteiger partial charge in [0, 0.05) is 12.6 Å². The van der Waals surface area contributed by atoms with Crippen LogP contribution in [0.25, 0.3) is 0 Å². The minimum atomic E-state index is -4.34. The number of hydrogen-bond donors (Lipinski definition) is 2. The van der Waals surface area contributed by atoms with Crippen molar-refractivity contribution < 1.29 is 17.9 Å². The van der Waals surface area contributed by atoms with Gasteiger partial charge in [0.1, 0.15) is 5.75 Å². The van der Waals surface area contributed by atoms with Gasteiger partial charge in [-0.3, -0.25) is 0 Å². The van der Waals surface area contributed by atoms with Crippen molar-refractivity contribution in [1.29, 1.82) is 0 Å². The molecule has 0 amide bonds. The quantitative estimate of drug-likeness (QED) is 0.367. The molecule has 138 valence electrons. The fraction of sp³-hybridized carbons (Fsp3) is 0.562. The molecule has 0 aromatic heterocycles. The largest absolute Gasteiger partial charge is 0.484 e. The summed E-state index contributed by atoms with van der Waals surface area (Å²) >= 11 is 0. The summed E-state index contributed by atoms with van der Waals surface area (Å²) in [5.74, 6) is 0.873. The average molecular weight is 459 g/mol. The van der Waals surface area contributed by atoms with Crippen LogP contribution >= 0.6 is 24.0 Å². The van der Waals surface area contributed by atoms with E-state index in [0.29, 0.717) is 12.5 Å². The van der Waals surface area contributed by atoms with Crippen LogP contribution < -0.4 is 15.4 Å². The van der Waals surface area contributed by atoms with E-state index < -0.39 is 12.8 Å². The minimum Gasteiger partial charge on any atom is -0.484 e. The highest BCUT2D eigenvalue weighted by atomic mass is 127. The predicted molar refractivity (Wildman–Crippen MR) is 101 cm³/mol. The van der Waals surface area contributed by atoms with Crippen molar-refractivity contribution in [2.24, 2.45) is 4.99 Å². The molecule has 0 aliphatic heterocycles. The lowest BCUT2D eigenvalue weighted by atomic mass is 10.2. The molecular weight excluding hydrogens is 434 g/mol. The number of halogens is 4. The molecule has 0 saturated carbocycles. The van der Waals surface area contributed by atoms with Crippen LogP contribution in [-0.4, -0.2) is 31.3 Å². The van der Waals surface area contributed by atoms with Crippen molar-refractivity contribution in [2.45, 2.75) is 46.0 Å². The Labute approximate surface area is 158 Å². The Morgan fingerprint density at radius 1 is 1.29 bits per heavy atom. The number of benzene rings is 1. The van der Waals surface area contributed by atoms with Gasteiger partial charge in [0.05, 0.1) is 6.54 Å². The standard InChI is InChI=1S/C16H24F3N3O.HI/c1-4-12(3)22-15(20-5-2)21-10-13-7-6-8-14(9-13)23-11-16(17,18)19;/h6-9,12H,4-5,10-11H2,1-3H3,(H2,20,21,22);1H. The lowest BCUT2D eigenvalue weighted by Gasteiger charge is -2.16. The normalized spacial score (nSPS) is 13.0. The molecule has 0 heterocycles. The first kappa shape index (κ1) is 22.8. The lowest BCUT2D eigenvalue weighted by molar-refractivity contribution is -0.153. The van der Waals surface area contributed by atoms with E-state index in [0.717, 1.165) is 18.5 Å². The Morgan fingerprint density at radius 3 is 2.58 bits per heavy atom. The summed E-state index contributed by atoms with van der Waals surface area (Å²) in [5.41, 5.74) is 0.783. The number of ether oxygens (including phenoxy) is 1. The fourth-order valence-corrected chi connectivity index (χ4v) is 1.72. The summed E-state index contributed by atoms with van der Waals surface area (Å²) < 4.78 is 41.3. The summed E-state index contributed by atoms with van der Waals surface area (Å²) in [6.07, 6.45) is -3.38. The highest BCUT2D eigenvalue weighted by Crippen LogP contribution is 2.19. The van der Waals surface area contributed by atoms with Gasteiger partial charge in [-0.1, -0.05) is 19.1 Å². The van der Waals surface area contributed by atoms with Crippen LogP contribution in [0.3, 0.4) is 0 Å². The molecule has 4 nitrogen and oxygen atoms in total. The van der Waals surface area contributed by atoms with Crippen LogP contribution in [0.1, 0.15) is 32.8 Å². The summed E-state index contributed by atoms with van der Waals surface area (Å²) in [4.78, 5) is 4.44. The smallest absolute Gasteiger partial charge is 0.422 e. The second-order valence-corrected chi connectivity index (χ2v) is 5.20. The summed E-state index contributed by atoms with van der Waals surface area (Å²) in [6.45, 7) is 5.89. The van der Waals surface area contributed by atoms with Crippen molar-refractivity contribution in [2.75, 3.05) is 13.2 Å². The van der Waals surface area contributed by atoms with E-state index >= 15 is 0 Å². The molecule has 0 aliphatic carbocycles. The Hall–Kier alpha value is -1.19. The molecule has 0 fully saturated rings. The Kier molecular flexibility index (Phi) is 10.8. The molecule has 1 unspecified atom stereocenters. The van der Waals surface area contributed by atoms with Crippen LogP contribution in [0.4, 0.5) is 13.2 Å². The zero-order chi connectivity index (χ0) is 17.3. The highest BCUT2D eigenvalue weighted by Gasteiger charge is 2.28. The molecular formula is C16H25F3IN3O. The Morgan fingerprint density at radius 2 is 2.00 bits per heavy atom. The van der Waals surface area contributed by atoms with Crippen molar-refractivity contribution in [1.82, 2.24) is 10.6 Å². The molecule has 0 bridgehead atoms. The molecule has 1 rings (SSSR count). The molecule has 24 heavy (non-hydrogen) atoms. The number of hydrogen-bond acceptors (Lipinski definition) is 2. The summed E-state index contributed by atoms with van der Waals surface area (Å²) in [6, 6.07) is 6.82. The molecule has 8 heteroatoms. The Bertz CT molecular complexity index is 510. The SMILES string of the molecule is CCNC(=NCc1cccc(OCC(F)(F)F)c1)NC(C)CC.I. The number of alkyl halides is 3. The first-order chi connectivity index (χ1) is 10.8. The van der Waals surface area contributed by atoms with Gasteiger partial charge in [-0.05, 0) is 38.0 Å². The third-order valence-corrected chi connectivity index (χ3v) is 3.06. The van der Waals surface area contributed by atoms with Crippen LogP contribution in [-0.2, 0) is 6.54 Å². The lowest BCUT2D eigenvalue weighted by Crippen LogP contribution is -2.41. The van der Waals surface area contributed by atoms with Gasteiger partial charge in [0.2, 0.25) is 0 Å². The van der Waals surface area contributed by atoms with Gasteiger partial charge < -0.3 is 15.4 Å². The Balaban J connectivity index is 0.00000529. The van der Waals surface area contributed by atoms with Crippen LogP contribution in [0.2, 0.25) is 0 Å². The average Bonchev–Trinajstić information content (AvgIpc) is 2.50. The molecule has 1 aromatic rings. The van der Waals surface area contributed by atoms with Crippen molar-refractivity contribution in [3.63, 3.8) is 0 Å². The summed E-state index contributed by atoms with van der Waals surface area (Å²) in [7, 11) is 0. The molecule has 0 aliphatic rings. The van der Waals surface area contributed by atoms with E-state index in [2.05, 4.69) is 29.5 Å². The maximum atomic E-state index is 12.2. The molecule has 0 saturated heterocycles. The first-order valence-electron chi connectivity index (χ1n) is 7.67. The van der Waals surface area contributed by atoms with E-state index in [9.17, 15) is 13.2 Å². The number of aliphatic imine (C=N–C) groups is 1. The van der Waals surface area contributed by atoms with E-state index in [-0.39, 0.29) is 35.8 Å². The second-order valence-electron chi connectivity index (χ2n) is 5.20. The van der Waals surface area contributed by atoms with Crippen LogP contribution in [0, 0.1) is 0 Å². The predicted octanol–water partition coefficient (Wildman–Crippen LogP) is 4.10. The summed E-state index contributed by atoms with van der Waals surface area (Å²) in [5, 5.41) is 6.39. The van der Waals surface area contributed by atoms with Gasteiger partial charge in [-0.2, -0.15) is 13.2 Å². The fourth-order valence-electron chi connectivity index (χ4n) is 1.72. The molecule has 1 atom stereocenters. The van der Waals surface area contributed by atoms with Crippen LogP contribution in [0.15, 0.2) is 29.3 Å². The van der Waals surface area contributed by atoms with Gasteiger partial charge >= 0.3 is 6.18 Å². The first-order valence-corrected chi connectivity index (χ1v) is 7.67. The van der Waals surface area contributed by atoms with Gasteiger partial charge in [-0.15, -0.1) is 24.0 Å².